The minimum Gasteiger partial charge on any atom is -0.336 e. The van der Waals surface area contributed by atoms with Crippen molar-refractivity contribution in [2.45, 2.75) is 19.9 Å². The van der Waals surface area contributed by atoms with Crippen molar-refractivity contribution in [3.05, 3.63) is 30.1 Å². The zero-order valence-corrected chi connectivity index (χ0v) is 8.17. The zero-order valence-electron chi connectivity index (χ0n) is 8.17. The Balaban J connectivity index is 2.61. The summed E-state index contributed by atoms with van der Waals surface area (Å²) in [6.07, 6.45) is 0. The fourth-order valence-corrected chi connectivity index (χ4v) is 0.983. The topological polar surface area (TPSA) is 41.1 Å². The summed E-state index contributed by atoms with van der Waals surface area (Å²) >= 11 is 0. The van der Waals surface area contributed by atoms with Crippen molar-refractivity contribution < 1.29 is 9.18 Å². The van der Waals surface area contributed by atoms with E-state index in [-0.39, 0.29) is 11.7 Å². The maximum absolute atomic E-state index is 13.0. The predicted octanol–water partition coefficient (Wildman–Crippen LogP) is 2.36. The third-order valence-electron chi connectivity index (χ3n) is 1.54. The molecule has 0 heterocycles. The maximum atomic E-state index is 13.0. The van der Waals surface area contributed by atoms with Crippen LogP contribution in [0.2, 0.25) is 0 Å². The van der Waals surface area contributed by atoms with Crippen molar-refractivity contribution in [3.8, 4) is 0 Å². The Labute approximate surface area is 82.3 Å². The quantitative estimate of drug-likeness (QED) is 0.749. The number of hydrogen-bond donors (Lipinski definition) is 2. The maximum Gasteiger partial charge on any atom is 0.319 e. The summed E-state index contributed by atoms with van der Waals surface area (Å²) in [7, 11) is 0. The first-order chi connectivity index (χ1) is 6.59. The molecule has 3 nitrogen and oxygen atoms in total. The highest BCUT2D eigenvalue weighted by Gasteiger charge is 2.05. The molecule has 0 atom stereocenters. The van der Waals surface area contributed by atoms with Crippen molar-refractivity contribution >= 4 is 11.7 Å². The first-order valence-electron chi connectivity index (χ1n) is 4.41. The lowest BCUT2D eigenvalue weighted by molar-refractivity contribution is 0.250. The molecule has 1 aromatic rings. The van der Waals surface area contributed by atoms with Crippen LogP contribution in [0.15, 0.2) is 24.3 Å². The highest BCUT2D eigenvalue weighted by Crippen LogP contribution is 2.11. The van der Waals surface area contributed by atoms with Gasteiger partial charge in [0.1, 0.15) is 5.82 Å². The number of carbonyl (C=O) groups is 1. The minimum absolute atomic E-state index is 0.0294. The molecular weight excluding hydrogens is 183 g/mol. The number of halogens is 1. The van der Waals surface area contributed by atoms with Crippen LogP contribution in [0.4, 0.5) is 14.9 Å². The number of rotatable bonds is 2. The first kappa shape index (κ1) is 10.5. The van der Waals surface area contributed by atoms with Crippen LogP contribution in [0.3, 0.4) is 0 Å². The molecule has 0 bridgehead atoms. The average molecular weight is 196 g/mol. The smallest absolute Gasteiger partial charge is 0.319 e. The molecule has 76 valence electrons. The number of benzene rings is 1. The van der Waals surface area contributed by atoms with Crippen LogP contribution in [-0.2, 0) is 0 Å². The molecule has 0 fully saturated rings. The van der Waals surface area contributed by atoms with Gasteiger partial charge in [0.15, 0.2) is 0 Å². The van der Waals surface area contributed by atoms with Crippen LogP contribution in [0.1, 0.15) is 13.8 Å². The molecule has 0 saturated carbocycles. The standard InChI is InChI=1S/C10H13FN2O/c1-7(2)12-10(14)13-9-6-4-3-5-8(9)11/h3-7H,1-2H3,(H2,12,13,14). The van der Waals surface area contributed by atoms with E-state index in [9.17, 15) is 9.18 Å². The van der Waals surface area contributed by atoms with Crippen LogP contribution in [0.25, 0.3) is 0 Å². The number of hydrogen-bond acceptors (Lipinski definition) is 1. The van der Waals surface area contributed by atoms with Crippen LogP contribution in [0, 0.1) is 5.82 Å². The summed E-state index contributed by atoms with van der Waals surface area (Å²) in [5.41, 5.74) is 0.186. The number of urea groups is 1. The number of para-hydroxylation sites is 1. The van der Waals surface area contributed by atoms with Gasteiger partial charge in [0.25, 0.3) is 0 Å². The van der Waals surface area contributed by atoms with Gasteiger partial charge in [0, 0.05) is 6.04 Å². The Kier molecular flexibility index (Phi) is 3.45. The lowest BCUT2D eigenvalue weighted by Gasteiger charge is -2.10. The normalized spacial score (nSPS) is 10.0. The van der Waals surface area contributed by atoms with E-state index in [1.54, 1.807) is 12.1 Å². The van der Waals surface area contributed by atoms with Gasteiger partial charge in [-0.3, -0.25) is 0 Å². The Bertz CT molecular complexity index is 326. The Hall–Kier alpha value is -1.58. The number of amides is 2. The van der Waals surface area contributed by atoms with Gasteiger partial charge in [-0.25, -0.2) is 9.18 Å². The molecule has 1 rings (SSSR count). The molecule has 2 amide bonds. The summed E-state index contributed by atoms with van der Waals surface area (Å²) in [6.45, 7) is 3.67. The summed E-state index contributed by atoms with van der Waals surface area (Å²) in [6, 6.07) is 5.67. The van der Waals surface area contributed by atoms with Crippen molar-refractivity contribution in [3.63, 3.8) is 0 Å². The molecule has 1 aromatic carbocycles. The second kappa shape index (κ2) is 4.60. The average Bonchev–Trinajstić information content (AvgIpc) is 2.07. The van der Waals surface area contributed by atoms with Gasteiger partial charge < -0.3 is 10.6 Å². The second-order valence-electron chi connectivity index (χ2n) is 3.23. The summed E-state index contributed by atoms with van der Waals surface area (Å²) in [5, 5.41) is 5.02. The number of anilines is 1. The SMILES string of the molecule is CC(C)NC(=O)Nc1ccccc1F. The lowest BCUT2D eigenvalue weighted by Crippen LogP contribution is -2.34. The minimum atomic E-state index is -0.439. The summed E-state index contributed by atoms with van der Waals surface area (Å²) < 4.78 is 13.0. The largest absolute Gasteiger partial charge is 0.336 e. The van der Waals surface area contributed by atoms with Gasteiger partial charge >= 0.3 is 6.03 Å². The third kappa shape index (κ3) is 3.05. The van der Waals surface area contributed by atoms with Crippen LogP contribution >= 0.6 is 0 Å². The van der Waals surface area contributed by atoms with Gasteiger partial charge in [-0.05, 0) is 26.0 Å². The van der Waals surface area contributed by atoms with Crippen LogP contribution in [0.5, 0.6) is 0 Å². The zero-order chi connectivity index (χ0) is 10.6. The Morgan fingerprint density at radius 1 is 1.36 bits per heavy atom. The van der Waals surface area contributed by atoms with Crippen molar-refractivity contribution in [1.29, 1.82) is 0 Å². The third-order valence-corrected chi connectivity index (χ3v) is 1.54. The van der Waals surface area contributed by atoms with Gasteiger partial charge in [0.2, 0.25) is 0 Å². The molecule has 0 radical (unpaired) electrons. The van der Waals surface area contributed by atoms with Crippen molar-refractivity contribution in [2.75, 3.05) is 5.32 Å². The number of carbonyl (C=O) groups excluding carboxylic acids is 1. The summed E-state index contributed by atoms with van der Waals surface area (Å²) in [5.74, 6) is -0.439. The molecule has 0 aliphatic rings. The molecule has 0 aliphatic carbocycles. The molecule has 0 aromatic heterocycles. The summed E-state index contributed by atoms with van der Waals surface area (Å²) in [4.78, 5) is 11.2. The predicted molar refractivity (Wildman–Crippen MR) is 53.7 cm³/mol. The first-order valence-corrected chi connectivity index (χ1v) is 4.41. The Morgan fingerprint density at radius 3 is 2.57 bits per heavy atom. The van der Waals surface area contributed by atoms with E-state index < -0.39 is 11.8 Å². The molecule has 4 heteroatoms. The van der Waals surface area contributed by atoms with Crippen molar-refractivity contribution in [2.24, 2.45) is 0 Å². The van der Waals surface area contributed by atoms with Gasteiger partial charge in [-0.1, -0.05) is 12.1 Å². The van der Waals surface area contributed by atoms with E-state index in [2.05, 4.69) is 10.6 Å². The van der Waals surface area contributed by atoms with Crippen molar-refractivity contribution in [1.82, 2.24) is 5.32 Å². The molecule has 0 aliphatic heterocycles. The van der Waals surface area contributed by atoms with Gasteiger partial charge in [-0.2, -0.15) is 0 Å². The van der Waals surface area contributed by atoms with E-state index in [1.807, 2.05) is 13.8 Å². The lowest BCUT2D eigenvalue weighted by atomic mass is 10.3. The highest BCUT2D eigenvalue weighted by molar-refractivity contribution is 5.89. The monoisotopic (exact) mass is 196 g/mol. The van der Waals surface area contributed by atoms with Gasteiger partial charge in [0.05, 0.1) is 5.69 Å². The molecule has 2 N–H and O–H groups in total. The fourth-order valence-electron chi connectivity index (χ4n) is 0.983. The molecule has 0 spiro atoms. The molecule has 0 unspecified atom stereocenters. The van der Waals surface area contributed by atoms with E-state index in [4.69, 9.17) is 0 Å². The van der Waals surface area contributed by atoms with Crippen LogP contribution < -0.4 is 10.6 Å². The number of nitrogens with one attached hydrogen (secondary N) is 2. The van der Waals surface area contributed by atoms with E-state index in [1.165, 1.54) is 12.1 Å². The molecule has 14 heavy (non-hydrogen) atoms. The van der Waals surface area contributed by atoms with E-state index in [0.29, 0.717) is 0 Å². The molecular formula is C10H13FN2O. The van der Waals surface area contributed by atoms with E-state index >= 15 is 0 Å². The Morgan fingerprint density at radius 2 is 2.00 bits per heavy atom. The van der Waals surface area contributed by atoms with Gasteiger partial charge in [-0.15, -0.1) is 0 Å². The van der Waals surface area contributed by atoms with E-state index in [0.717, 1.165) is 0 Å². The second-order valence-corrected chi connectivity index (χ2v) is 3.23. The van der Waals surface area contributed by atoms with Crippen LogP contribution in [-0.4, -0.2) is 12.1 Å². The molecule has 0 saturated heterocycles. The highest BCUT2D eigenvalue weighted by atomic mass is 19.1. The fraction of sp³-hybridized carbons (Fsp3) is 0.300.